The Labute approximate surface area is 121 Å². The van der Waals surface area contributed by atoms with Gasteiger partial charge in [-0.15, -0.1) is 0 Å². The van der Waals surface area contributed by atoms with Gasteiger partial charge in [0.25, 0.3) is 0 Å². The van der Waals surface area contributed by atoms with Gasteiger partial charge in [0.2, 0.25) is 5.91 Å². The first-order valence-electron chi connectivity index (χ1n) is 7.08. The number of hydrogen-bond acceptors (Lipinski definition) is 2. The molecule has 1 aromatic rings. The second kappa shape index (κ2) is 6.69. The van der Waals surface area contributed by atoms with Gasteiger partial charge in [-0.1, -0.05) is 27.7 Å². The second-order valence-corrected chi connectivity index (χ2v) is 6.76. The van der Waals surface area contributed by atoms with Gasteiger partial charge >= 0.3 is 0 Å². The van der Waals surface area contributed by atoms with Crippen molar-refractivity contribution in [3.8, 4) is 0 Å². The van der Waals surface area contributed by atoms with E-state index in [9.17, 15) is 9.59 Å². The summed E-state index contributed by atoms with van der Waals surface area (Å²) >= 11 is 0. The van der Waals surface area contributed by atoms with Crippen molar-refractivity contribution in [3.05, 3.63) is 29.8 Å². The molecule has 0 spiro atoms. The molecule has 1 amide bonds. The molecule has 0 aliphatic heterocycles. The van der Waals surface area contributed by atoms with Crippen LogP contribution in [0.2, 0.25) is 0 Å². The molecular weight excluding hydrogens is 250 g/mol. The third kappa shape index (κ3) is 6.00. The first-order valence-corrected chi connectivity index (χ1v) is 7.08. The normalized spacial score (nSPS) is 12.8. The molecule has 110 valence electrons. The lowest BCUT2D eigenvalue weighted by Crippen LogP contribution is -2.18. The molecule has 1 rings (SSSR count). The SMILES string of the molecule is CC(=O)c1ccc(NC(=O)CC(C)CC(C)(C)C)cc1. The summed E-state index contributed by atoms with van der Waals surface area (Å²) in [4.78, 5) is 23.1. The van der Waals surface area contributed by atoms with Crippen LogP contribution in [0.5, 0.6) is 0 Å². The predicted octanol–water partition coefficient (Wildman–Crippen LogP) is 4.29. The third-order valence-electron chi connectivity index (χ3n) is 3.07. The molecule has 0 aliphatic rings. The minimum Gasteiger partial charge on any atom is -0.326 e. The minimum atomic E-state index is 0.0253. The van der Waals surface area contributed by atoms with Crippen molar-refractivity contribution in [3.63, 3.8) is 0 Å². The largest absolute Gasteiger partial charge is 0.326 e. The summed E-state index contributed by atoms with van der Waals surface area (Å²) in [5.41, 5.74) is 1.63. The fourth-order valence-corrected chi connectivity index (χ4v) is 2.43. The molecule has 1 N–H and O–H groups in total. The van der Waals surface area contributed by atoms with Crippen molar-refractivity contribution in [1.82, 2.24) is 0 Å². The van der Waals surface area contributed by atoms with Gasteiger partial charge in [-0.05, 0) is 48.9 Å². The molecule has 3 heteroatoms. The molecule has 20 heavy (non-hydrogen) atoms. The van der Waals surface area contributed by atoms with Crippen molar-refractivity contribution in [2.75, 3.05) is 5.32 Å². The molecule has 0 aromatic heterocycles. The maximum Gasteiger partial charge on any atom is 0.224 e. The zero-order valence-corrected chi connectivity index (χ0v) is 13.1. The highest BCUT2D eigenvalue weighted by Crippen LogP contribution is 2.26. The van der Waals surface area contributed by atoms with Crippen LogP contribution in [-0.4, -0.2) is 11.7 Å². The monoisotopic (exact) mass is 275 g/mol. The van der Waals surface area contributed by atoms with Gasteiger partial charge in [-0.3, -0.25) is 9.59 Å². The Balaban J connectivity index is 2.52. The number of nitrogens with one attached hydrogen (secondary N) is 1. The van der Waals surface area contributed by atoms with Crippen LogP contribution in [-0.2, 0) is 4.79 Å². The molecule has 0 saturated heterocycles. The molecule has 3 nitrogen and oxygen atoms in total. The van der Waals surface area contributed by atoms with Crippen LogP contribution in [0.15, 0.2) is 24.3 Å². The van der Waals surface area contributed by atoms with Crippen LogP contribution in [0, 0.1) is 11.3 Å². The number of hydrogen-bond donors (Lipinski definition) is 1. The Kier molecular flexibility index (Phi) is 5.49. The zero-order chi connectivity index (χ0) is 15.3. The highest BCUT2D eigenvalue weighted by molar-refractivity contribution is 5.95. The topological polar surface area (TPSA) is 46.2 Å². The van der Waals surface area contributed by atoms with Crippen molar-refractivity contribution in [2.24, 2.45) is 11.3 Å². The average Bonchev–Trinajstić information content (AvgIpc) is 2.26. The van der Waals surface area contributed by atoms with Crippen molar-refractivity contribution < 1.29 is 9.59 Å². The fourth-order valence-electron chi connectivity index (χ4n) is 2.43. The van der Waals surface area contributed by atoms with Crippen LogP contribution in [0.3, 0.4) is 0 Å². The van der Waals surface area contributed by atoms with Gasteiger partial charge < -0.3 is 5.32 Å². The Bertz CT molecular complexity index is 469. The highest BCUT2D eigenvalue weighted by Gasteiger charge is 2.17. The van der Waals surface area contributed by atoms with Gasteiger partial charge in [0.15, 0.2) is 5.78 Å². The van der Waals surface area contributed by atoms with Gasteiger partial charge in [-0.2, -0.15) is 0 Å². The zero-order valence-electron chi connectivity index (χ0n) is 13.1. The van der Waals surface area contributed by atoms with Crippen LogP contribution >= 0.6 is 0 Å². The standard InChI is InChI=1S/C17H25NO2/c1-12(11-17(3,4)5)10-16(20)18-15-8-6-14(7-9-15)13(2)19/h6-9,12H,10-11H2,1-5H3,(H,18,20). The van der Waals surface area contributed by atoms with Crippen LogP contribution < -0.4 is 5.32 Å². The first kappa shape index (κ1) is 16.4. The lowest BCUT2D eigenvalue weighted by Gasteiger charge is -2.22. The number of benzene rings is 1. The Morgan fingerprint density at radius 1 is 1.15 bits per heavy atom. The number of anilines is 1. The number of carbonyl (C=O) groups excluding carboxylic acids is 2. The predicted molar refractivity (Wildman–Crippen MR) is 82.9 cm³/mol. The summed E-state index contributed by atoms with van der Waals surface area (Å²) in [6.45, 7) is 10.2. The molecular formula is C17H25NO2. The van der Waals surface area contributed by atoms with Crippen LogP contribution in [0.25, 0.3) is 0 Å². The molecule has 0 fully saturated rings. The van der Waals surface area contributed by atoms with Gasteiger partial charge in [0, 0.05) is 17.7 Å². The van der Waals surface area contributed by atoms with E-state index in [1.807, 2.05) is 0 Å². The fraction of sp³-hybridized carbons (Fsp3) is 0.529. The smallest absolute Gasteiger partial charge is 0.224 e. The lowest BCUT2D eigenvalue weighted by molar-refractivity contribution is -0.117. The lowest BCUT2D eigenvalue weighted by atomic mass is 9.84. The van der Waals surface area contributed by atoms with E-state index < -0.39 is 0 Å². The van der Waals surface area contributed by atoms with Crippen molar-refractivity contribution in [2.45, 2.75) is 47.5 Å². The molecule has 1 aromatic carbocycles. The van der Waals surface area contributed by atoms with Gasteiger partial charge in [0.05, 0.1) is 0 Å². The maximum absolute atomic E-state index is 11.9. The van der Waals surface area contributed by atoms with Gasteiger partial charge in [0.1, 0.15) is 0 Å². The molecule has 1 atom stereocenters. The summed E-state index contributed by atoms with van der Waals surface area (Å²) in [5.74, 6) is 0.408. The second-order valence-electron chi connectivity index (χ2n) is 6.76. The summed E-state index contributed by atoms with van der Waals surface area (Å²) in [6.07, 6.45) is 1.54. The van der Waals surface area contributed by atoms with Gasteiger partial charge in [-0.25, -0.2) is 0 Å². The summed E-state index contributed by atoms with van der Waals surface area (Å²) < 4.78 is 0. The van der Waals surface area contributed by atoms with Crippen LogP contribution in [0.4, 0.5) is 5.69 Å². The Morgan fingerprint density at radius 3 is 2.15 bits per heavy atom. The van der Waals surface area contributed by atoms with E-state index in [-0.39, 0.29) is 17.1 Å². The molecule has 0 aliphatic carbocycles. The number of amides is 1. The molecule has 0 heterocycles. The number of ketones is 1. The quantitative estimate of drug-likeness (QED) is 0.815. The molecule has 1 unspecified atom stereocenters. The van der Waals surface area contributed by atoms with E-state index in [4.69, 9.17) is 0 Å². The summed E-state index contributed by atoms with van der Waals surface area (Å²) in [6, 6.07) is 7.00. The molecule has 0 radical (unpaired) electrons. The van der Waals surface area contributed by atoms with E-state index in [0.29, 0.717) is 17.9 Å². The van der Waals surface area contributed by atoms with E-state index in [0.717, 1.165) is 12.1 Å². The number of Topliss-reactive ketones (excluding diaryl/α,β-unsaturated/α-hetero) is 1. The van der Waals surface area contributed by atoms with Crippen molar-refractivity contribution >= 4 is 17.4 Å². The van der Waals surface area contributed by atoms with E-state index in [1.54, 1.807) is 24.3 Å². The number of rotatable bonds is 5. The third-order valence-corrected chi connectivity index (χ3v) is 3.07. The summed E-state index contributed by atoms with van der Waals surface area (Å²) in [5, 5.41) is 2.87. The number of carbonyl (C=O) groups is 2. The first-order chi connectivity index (χ1) is 9.17. The average molecular weight is 275 g/mol. The maximum atomic E-state index is 11.9. The molecule has 0 bridgehead atoms. The van der Waals surface area contributed by atoms with E-state index >= 15 is 0 Å². The minimum absolute atomic E-state index is 0.0253. The van der Waals surface area contributed by atoms with E-state index in [1.165, 1.54) is 6.92 Å². The van der Waals surface area contributed by atoms with E-state index in [2.05, 4.69) is 33.0 Å². The highest BCUT2D eigenvalue weighted by atomic mass is 16.1. The van der Waals surface area contributed by atoms with Crippen molar-refractivity contribution in [1.29, 1.82) is 0 Å². The molecule has 0 saturated carbocycles. The Hall–Kier alpha value is -1.64. The van der Waals surface area contributed by atoms with Crippen LogP contribution in [0.1, 0.15) is 57.8 Å². The summed E-state index contributed by atoms with van der Waals surface area (Å²) in [7, 11) is 0. The Morgan fingerprint density at radius 2 is 1.70 bits per heavy atom.